The Hall–Kier alpha value is -1.70. The maximum Gasteiger partial charge on any atom is 0.326 e. The zero-order valence-electron chi connectivity index (χ0n) is 10.3. The van der Waals surface area contributed by atoms with E-state index in [-0.39, 0.29) is 12.5 Å². The Balaban J connectivity index is 1.92. The Morgan fingerprint density at radius 2 is 2.26 bits per heavy atom. The number of aromatic amines is 1. The van der Waals surface area contributed by atoms with E-state index in [4.69, 9.17) is 5.11 Å². The Morgan fingerprint density at radius 3 is 2.84 bits per heavy atom. The summed E-state index contributed by atoms with van der Waals surface area (Å²) in [6, 6.07) is -1.25. The molecule has 1 aromatic rings. The van der Waals surface area contributed by atoms with Gasteiger partial charge in [0.15, 0.2) is 0 Å². The number of imidazole rings is 1. The van der Waals surface area contributed by atoms with Crippen molar-refractivity contribution in [3.05, 3.63) is 18.2 Å². The molecule has 0 unspecified atom stereocenters. The highest BCUT2D eigenvalue weighted by molar-refractivity contribution is 7.99. The maximum absolute atomic E-state index is 12.0. The summed E-state index contributed by atoms with van der Waals surface area (Å²) in [5, 5.41) is 11.7. The van der Waals surface area contributed by atoms with Crippen molar-refractivity contribution in [3.8, 4) is 0 Å². The van der Waals surface area contributed by atoms with Crippen molar-refractivity contribution in [3.63, 3.8) is 0 Å². The first kappa shape index (κ1) is 13.7. The van der Waals surface area contributed by atoms with Crippen molar-refractivity contribution in [2.24, 2.45) is 0 Å². The van der Waals surface area contributed by atoms with Gasteiger partial charge in [-0.05, 0) is 0 Å². The van der Waals surface area contributed by atoms with Crippen molar-refractivity contribution in [1.29, 1.82) is 0 Å². The van der Waals surface area contributed by atoms with Gasteiger partial charge in [-0.2, -0.15) is 11.8 Å². The molecular formula is C11H16N4O3S. The molecule has 2 amide bonds. The van der Waals surface area contributed by atoms with E-state index < -0.39 is 12.0 Å². The van der Waals surface area contributed by atoms with E-state index in [0.717, 1.165) is 11.5 Å². The minimum atomic E-state index is -1.05. The number of carboxylic acid groups (broad SMARTS) is 1. The van der Waals surface area contributed by atoms with Crippen LogP contribution in [0.2, 0.25) is 0 Å². The third-order valence-corrected chi connectivity index (χ3v) is 3.82. The van der Waals surface area contributed by atoms with Crippen LogP contribution in [0.3, 0.4) is 0 Å². The molecule has 0 radical (unpaired) electrons. The average Bonchev–Trinajstić information content (AvgIpc) is 2.91. The second-order valence-electron chi connectivity index (χ2n) is 4.22. The van der Waals surface area contributed by atoms with Crippen LogP contribution in [0, 0.1) is 0 Å². The van der Waals surface area contributed by atoms with Crippen molar-refractivity contribution >= 4 is 23.8 Å². The predicted octanol–water partition coefficient (Wildman–Crippen LogP) is 0.164. The summed E-state index contributed by atoms with van der Waals surface area (Å²) >= 11 is 1.79. The van der Waals surface area contributed by atoms with Crippen molar-refractivity contribution in [2.45, 2.75) is 12.5 Å². The summed E-state index contributed by atoms with van der Waals surface area (Å²) in [7, 11) is 0. The maximum atomic E-state index is 12.0. The lowest BCUT2D eigenvalue weighted by Crippen LogP contribution is -2.51. The van der Waals surface area contributed by atoms with Crippen LogP contribution in [0.15, 0.2) is 12.5 Å². The Bertz CT molecular complexity index is 431. The number of carbonyl (C=O) groups excluding carboxylic acids is 1. The third kappa shape index (κ3) is 3.88. The number of aromatic nitrogens is 2. The van der Waals surface area contributed by atoms with Gasteiger partial charge in [-0.15, -0.1) is 0 Å². The molecule has 0 aliphatic carbocycles. The normalized spacial score (nSPS) is 16.9. The fourth-order valence-corrected chi connectivity index (χ4v) is 2.73. The molecule has 19 heavy (non-hydrogen) atoms. The minimum absolute atomic E-state index is 0.198. The molecule has 104 valence electrons. The van der Waals surface area contributed by atoms with Gasteiger partial charge in [-0.1, -0.05) is 0 Å². The number of hydrogen-bond acceptors (Lipinski definition) is 4. The van der Waals surface area contributed by atoms with Crippen molar-refractivity contribution < 1.29 is 14.7 Å². The summed E-state index contributed by atoms with van der Waals surface area (Å²) in [4.78, 5) is 31.4. The van der Waals surface area contributed by atoms with Crippen molar-refractivity contribution in [1.82, 2.24) is 20.2 Å². The van der Waals surface area contributed by atoms with Gasteiger partial charge >= 0.3 is 12.0 Å². The second kappa shape index (κ2) is 6.46. The molecule has 1 saturated heterocycles. The van der Waals surface area contributed by atoms with Gasteiger partial charge < -0.3 is 20.3 Å². The molecule has 0 aromatic carbocycles. The molecule has 1 aliphatic heterocycles. The van der Waals surface area contributed by atoms with E-state index in [1.54, 1.807) is 22.9 Å². The molecule has 3 N–H and O–H groups in total. The number of amides is 2. The molecule has 1 aromatic heterocycles. The van der Waals surface area contributed by atoms with Crippen LogP contribution in [0.4, 0.5) is 4.79 Å². The number of nitrogens with zero attached hydrogens (tertiary/aromatic N) is 2. The topological polar surface area (TPSA) is 98.3 Å². The van der Waals surface area contributed by atoms with E-state index >= 15 is 0 Å². The van der Waals surface area contributed by atoms with Crippen molar-refractivity contribution in [2.75, 3.05) is 24.6 Å². The highest BCUT2D eigenvalue weighted by Crippen LogP contribution is 2.09. The summed E-state index contributed by atoms with van der Waals surface area (Å²) in [6.45, 7) is 1.32. The van der Waals surface area contributed by atoms with E-state index in [1.165, 1.54) is 6.33 Å². The van der Waals surface area contributed by atoms with E-state index in [1.807, 2.05) is 0 Å². The molecular weight excluding hydrogens is 268 g/mol. The van der Waals surface area contributed by atoms with Crippen LogP contribution in [0.5, 0.6) is 0 Å². The Kier molecular flexibility index (Phi) is 4.67. The largest absolute Gasteiger partial charge is 0.480 e. The standard InChI is InChI=1S/C11H16N4O3S/c16-10(17)9(5-8-6-12-7-13-8)14-11(18)15-1-3-19-4-2-15/h6-7,9H,1-5H2,(H,12,13)(H,14,18)(H,16,17)/t9-/m0/s1. The van der Waals surface area contributed by atoms with Crippen LogP contribution < -0.4 is 5.32 Å². The zero-order chi connectivity index (χ0) is 13.7. The first-order chi connectivity index (χ1) is 9.16. The van der Waals surface area contributed by atoms with Gasteiger partial charge in [0.25, 0.3) is 0 Å². The first-order valence-corrected chi connectivity index (χ1v) is 7.15. The lowest BCUT2D eigenvalue weighted by atomic mass is 10.1. The molecule has 0 bridgehead atoms. The lowest BCUT2D eigenvalue weighted by Gasteiger charge is -2.28. The number of carboxylic acids is 1. The number of aliphatic carboxylic acids is 1. The number of H-pyrrole nitrogens is 1. The Labute approximate surface area is 114 Å². The average molecular weight is 284 g/mol. The van der Waals surface area contributed by atoms with Gasteiger partial charge in [-0.25, -0.2) is 14.6 Å². The highest BCUT2D eigenvalue weighted by atomic mass is 32.2. The highest BCUT2D eigenvalue weighted by Gasteiger charge is 2.24. The fraction of sp³-hybridized carbons (Fsp3) is 0.545. The minimum Gasteiger partial charge on any atom is -0.480 e. The summed E-state index contributed by atoms with van der Waals surface area (Å²) in [5.41, 5.74) is 0.682. The number of urea groups is 1. The number of carbonyl (C=O) groups is 2. The van der Waals surface area contributed by atoms with Gasteiger partial charge in [0.2, 0.25) is 0 Å². The lowest BCUT2D eigenvalue weighted by molar-refractivity contribution is -0.139. The van der Waals surface area contributed by atoms with E-state index in [2.05, 4.69) is 15.3 Å². The van der Waals surface area contributed by atoms with Gasteiger partial charge in [0.05, 0.1) is 6.33 Å². The van der Waals surface area contributed by atoms with Crippen LogP contribution >= 0.6 is 11.8 Å². The first-order valence-electron chi connectivity index (χ1n) is 6.00. The van der Waals surface area contributed by atoms with Crippen LogP contribution in [0.1, 0.15) is 5.69 Å². The molecule has 0 spiro atoms. The van der Waals surface area contributed by atoms with Crippen LogP contribution in [-0.2, 0) is 11.2 Å². The molecule has 0 saturated carbocycles. The number of nitrogens with one attached hydrogen (secondary N) is 2. The fourth-order valence-electron chi connectivity index (χ4n) is 1.82. The molecule has 1 fully saturated rings. The third-order valence-electron chi connectivity index (χ3n) is 2.87. The van der Waals surface area contributed by atoms with Gasteiger partial charge in [0.1, 0.15) is 6.04 Å². The number of rotatable bonds is 4. The summed E-state index contributed by atoms with van der Waals surface area (Å²) < 4.78 is 0. The monoisotopic (exact) mass is 284 g/mol. The number of hydrogen-bond donors (Lipinski definition) is 3. The quantitative estimate of drug-likeness (QED) is 0.732. The molecule has 2 rings (SSSR count). The molecule has 7 nitrogen and oxygen atoms in total. The molecule has 1 aliphatic rings. The predicted molar refractivity (Wildman–Crippen MR) is 71.1 cm³/mol. The van der Waals surface area contributed by atoms with E-state index in [0.29, 0.717) is 18.8 Å². The van der Waals surface area contributed by atoms with Crippen LogP contribution in [-0.4, -0.2) is 62.6 Å². The molecule has 8 heteroatoms. The second-order valence-corrected chi connectivity index (χ2v) is 5.45. The smallest absolute Gasteiger partial charge is 0.326 e. The van der Waals surface area contributed by atoms with E-state index in [9.17, 15) is 9.59 Å². The SMILES string of the molecule is O=C(O)[C@H](Cc1cnc[nH]1)NC(=O)N1CCSCC1. The molecule has 1 atom stereocenters. The summed E-state index contributed by atoms with van der Waals surface area (Å²) in [5.74, 6) is 0.742. The number of thioether (sulfide) groups is 1. The van der Waals surface area contributed by atoms with Gasteiger partial charge in [0, 0.05) is 42.9 Å². The van der Waals surface area contributed by atoms with Crippen LogP contribution in [0.25, 0.3) is 0 Å². The van der Waals surface area contributed by atoms with Gasteiger partial charge in [-0.3, -0.25) is 0 Å². The Morgan fingerprint density at radius 1 is 1.53 bits per heavy atom. The summed E-state index contributed by atoms with van der Waals surface area (Å²) in [6.07, 6.45) is 3.24. The zero-order valence-corrected chi connectivity index (χ0v) is 11.2. The molecule has 2 heterocycles.